The number of hydrogen-bond donors (Lipinski definition) is 1. The molecule has 1 saturated carbocycles. The lowest BCUT2D eigenvalue weighted by atomic mass is 9.95. The van der Waals surface area contributed by atoms with E-state index in [1.165, 1.54) is 19.3 Å². The number of rotatable bonds is 5. The second kappa shape index (κ2) is 8.10. The quantitative estimate of drug-likeness (QED) is 0.449. The van der Waals surface area contributed by atoms with Crippen molar-refractivity contribution in [1.82, 2.24) is 24.7 Å². The summed E-state index contributed by atoms with van der Waals surface area (Å²) in [7, 11) is 0. The van der Waals surface area contributed by atoms with Gasteiger partial charge in [0, 0.05) is 6.04 Å². The van der Waals surface area contributed by atoms with Crippen molar-refractivity contribution in [3.63, 3.8) is 0 Å². The molecule has 1 aromatic carbocycles. The molecule has 0 aliphatic heterocycles. The molecule has 1 aliphatic rings. The molecule has 1 N–H and O–H groups in total. The molecule has 1 atom stereocenters. The molecule has 0 bridgehead atoms. The van der Waals surface area contributed by atoms with Gasteiger partial charge in [0.2, 0.25) is 5.82 Å². The van der Waals surface area contributed by atoms with Crippen molar-refractivity contribution in [2.24, 2.45) is 0 Å². The van der Waals surface area contributed by atoms with E-state index in [4.69, 9.17) is 4.42 Å². The summed E-state index contributed by atoms with van der Waals surface area (Å²) < 4.78 is 7.85. The van der Waals surface area contributed by atoms with Crippen molar-refractivity contribution < 1.29 is 4.42 Å². The Bertz CT molecular complexity index is 1210. The normalized spacial score (nSPS) is 16.2. The molecule has 0 saturated heterocycles. The van der Waals surface area contributed by atoms with Gasteiger partial charge in [-0.25, -0.2) is 4.98 Å². The fourth-order valence-corrected chi connectivity index (χ4v) is 5.09. The van der Waals surface area contributed by atoms with Crippen LogP contribution < -0.4 is 5.56 Å². The van der Waals surface area contributed by atoms with Gasteiger partial charge in [0.05, 0.1) is 22.4 Å². The Morgan fingerprint density at radius 2 is 1.97 bits per heavy atom. The van der Waals surface area contributed by atoms with Crippen LogP contribution in [-0.4, -0.2) is 24.7 Å². The maximum absolute atomic E-state index is 12.5. The Labute approximate surface area is 177 Å². The molecule has 8 heteroatoms. The van der Waals surface area contributed by atoms with Crippen LogP contribution in [0.3, 0.4) is 0 Å². The monoisotopic (exact) mass is 421 g/mol. The van der Waals surface area contributed by atoms with Gasteiger partial charge in [0.25, 0.3) is 5.56 Å². The first kappa shape index (κ1) is 19.1. The summed E-state index contributed by atoms with van der Waals surface area (Å²) in [6.45, 7) is 2.03. The van der Waals surface area contributed by atoms with E-state index in [2.05, 4.69) is 24.7 Å². The van der Waals surface area contributed by atoms with Crippen molar-refractivity contribution in [2.45, 2.75) is 55.5 Å². The van der Waals surface area contributed by atoms with E-state index >= 15 is 0 Å². The summed E-state index contributed by atoms with van der Waals surface area (Å²) in [5.41, 5.74) is 0.585. The first-order chi connectivity index (χ1) is 14.7. The standard InChI is InChI=1S/C22H23N5O2S/c1-14(19-23-17-11-6-5-10-16(17)21(28)24-19)30-22-26-25-20(18-12-7-13-29-18)27(22)15-8-3-2-4-9-15/h5-7,10-15H,2-4,8-9H2,1H3,(H,23,24,28). The smallest absolute Gasteiger partial charge is 0.258 e. The van der Waals surface area contributed by atoms with Crippen molar-refractivity contribution in [3.05, 3.63) is 58.8 Å². The molecule has 154 valence electrons. The predicted molar refractivity (Wildman–Crippen MR) is 116 cm³/mol. The second-order valence-electron chi connectivity index (χ2n) is 7.67. The summed E-state index contributed by atoms with van der Waals surface area (Å²) in [5, 5.41) is 10.3. The summed E-state index contributed by atoms with van der Waals surface area (Å²) in [5.74, 6) is 2.13. The average Bonchev–Trinajstić information content (AvgIpc) is 3.44. The molecular formula is C22H23N5O2S. The van der Waals surface area contributed by atoms with E-state index < -0.39 is 0 Å². The number of H-pyrrole nitrogens is 1. The largest absolute Gasteiger partial charge is 0.461 e. The number of aromatic nitrogens is 5. The maximum Gasteiger partial charge on any atom is 0.258 e. The molecule has 5 rings (SSSR count). The number of nitrogens with one attached hydrogen (secondary N) is 1. The second-order valence-corrected chi connectivity index (χ2v) is 8.98. The van der Waals surface area contributed by atoms with E-state index in [1.807, 2.05) is 37.3 Å². The van der Waals surface area contributed by atoms with Crippen molar-refractivity contribution in [1.29, 1.82) is 0 Å². The van der Waals surface area contributed by atoms with Gasteiger partial charge in [-0.05, 0) is 44.0 Å². The molecule has 1 aliphatic carbocycles. The van der Waals surface area contributed by atoms with Crippen LogP contribution in [0.1, 0.15) is 56.1 Å². The Morgan fingerprint density at radius 1 is 1.13 bits per heavy atom. The van der Waals surface area contributed by atoms with E-state index in [0.717, 1.165) is 29.6 Å². The minimum absolute atomic E-state index is 0.0849. The molecule has 1 fully saturated rings. The van der Waals surface area contributed by atoms with Crippen molar-refractivity contribution >= 4 is 22.7 Å². The SMILES string of the molecule is CC(Sc1nnc(-c2ccco2)n1C1CCCCC1)c1nc2ccccc2c(=O)[nH]1. The topological polar surface area (TPSA) is 89.6 Å². The number of furan rings is 1. The molecule has 4 aromatic rings. The summed E-state index contributed by atoms with van der Waals surface area (Å²) in [6.07, 6.45) is 7.57. The van der Waals surface area contributed by atoms with Gasteiger partial charge >= 0.3 is 0 Å². The van der Waals surface area contributed by atoms with Crippen LogP contribution in [0.2, 0.25) is 0 Å². The maximum atomic E-state index is 12.5. The third-order valence-corrected chi connectivity index (χ3v) is 6.71. The third kappa shape index (κ3) is 3.56. The molecule has 3 heterocycles. The molecule has 0 radical (unpaired) electrons. The highest BCUT2D eigenvalue weighted by Gasteiger charge is 2.26. The molecular weight excluding hydrogens is 398 g/mol. The van der Waals surface area contributed by atoms with Crippen LogP contribution in [-0.2, 0) is 0 Å². The Balaban J connectivity index is 1.50. The number of thioether (sulfide) groups is 1. The van der Waals surface area contributed by atoms with Crippen LogP contribution in [0.15, 0.2) is 57.0 Å². The van der Waals surface area contributed by atoms with Crippen LogP contribution in [0.4, 0.5) is 0 Å². The lowest BCUT2D eigenvalue weighted by molar-refractivity contribution is 0.337. The van der Waals surface area contributed by atoms with E-state index in [9.17, 15) is 4.79 Å². The number of benzene rings is 1. The van der Waals surface area contributed by atoms with Gasteiger partial charge < -0.3 is 9.40 Å². The molecule has 30 heavy (non-hydrogen) atoms. The van der Waals surface area contributed by atoms with Gasteiger partial charge in [0.15, 0.2) is 10.9 Å². The third-order valence-electron chi connectivity index (χ3n) is 5.64. The van der Waals surface area contributed by atoms with Gasteiger partial charge in [-0.15, -0.1) is 10.2 Å². The number of aromatic amines is 1. The van der Waals surface area contributed by atoms with Gasteiger partial charge in [-0.1, -0.05) is 43.2 Å². The molecule has 1 unspecified atom stereocenters. The summed E-state index contributed by atoms with van der Waals surface area (Å²) in [6, 6.07) is 11.5. The number of para-hydroxylation sites is 1. The molecule has 3 aromatic heterocycles. The highest BCUT2D eigenvalue weighted by Crippen LogP contribution is 2.39. The zero-order valence-electron chi connectivity index (χ0n) is 16.7. The van der Waals surface area contributed by atoms with Crippen LogP contribution >= 0.6 is 11.8 Å². The molecule has 0 spiro atoms. The molecule has 0 amide bonds. The predicted octanol–water partition coefficient (Wildman–Crippen LogP) is 5.13. The van der Waals surface area contributed by atoms with E-state index in [1.54, 1.807) is 24.1 Å². The Hall–Kier alpha value is -2.87. The number of nitrogens with zero attached hydrogens (tertiary/aromatic N) is 4. The van der Waals surface area contributed by atoms with E-state index in [0.29, 0.717) is 22.8 Å². The minimum Gasteiger partial charge on any atom is -0.461 e. The van der Waals surface area contributed by atoms with Gasteiger partial charge in [-0.3, -0.25) is 9.36 Å². The highest BCUT2D eigenvalue weighted by atomic mass is 32.2. The summed E-state index contributed by atoms with van der Waals surface area (Å²) >= 11 is 1.57. The lowest BCUT2D eigenvalue weighted by Crippen LogP contribution is -2.16. The van der Waals surface area contributed by atoms with Crippen LogP contribution in [0.25, 0.3) is 22.5 Å². The van der Waals surface area contributed by atoms with Crippen LogP contribution in [0, 0.1) is 0 Å². The average molecular weight is 422 g/mol. The molecule has 7 nitrogen and oxygen atoms in total. The highest BCUT2D eigenvalue weighted by molar-refractivity contribution is 7.99. The van der Waals surface area contributed by atoms with Crippen molar-refractivity contribution in [3.8, 4) is 11.6 Å². The lowest BCUT2D eigenvalue weighted by Gasteiger charge is -2.25. The van der Waals surface area contributed by atoms with Crippen molar-refractivity contribution in [2.75, 3.05) is 0 Å². The minimum atomic E-state index is -0.118. The van der Waals surface area contributed by atoms with Gasteiger partial charge in [-0.2, -0.15) is 0 Å². The number of hydrogen-bond acceptors (Lipinski definition) is 6. The fraction of sp³-hybridized carbons (Fsp3) is 0.364. The first-order valence-corrected chi connectivity index (χ1v) is 11.2. The zero-order chi connectivity index (χ0) is 20.5. The zero-order valence-corrected chi connectivity index (χ0v) is 17.6. The number of fused-ring (bicyclic) bond motifs is 1. The fourth-order valence-electron chi connectivity index (χ4n) is 4.11. The summed E-state index contributed by atoms with van der Waals surface area (Å²) in [4.78, 5) is 20.1. The van der Waals surface area contributed by atoms with Crippen LogP contribution in [0.5, 0.6) is 0 Å². The first-order valence-electron chi connectivity index (χ1n) is 10.3. The Morgan fingerprint density at radius 3 is 2.77 bits per heavy atom. The van der Waals surface area contributed by atoms with E-state index in [-0.39, 0.29) is 10.8 Å². The van der Waals surface area contributed by atoms with Gasteiger partial charge in [0.1, 0.15) is 5.82 Å². The Kier molecular flexibility index (Phi) is 5.16.